The Labute approximate surface area is 157 Å². The number of carbonyl (C=O) groups excluding carboxylic acids is 1. The summed E-state index contributed by atoms with van der Waals surface area (Å²) in [5.74, 6) is 0.124. The summed E-state index contributed by atoms with van der Waals surface area (Å²) in [5.41, 5.74) is 0.0841. The predicted octanol–water partition coefficient (Wildman–Crippen LogP) is 4.98. The molecule has 0 atom stereocenters. The summed E-state index contributed by atoms with van der Waals surface area (Å²) in [7, 11) is 0. The van der Waals surface area contributed by atoms with E-state index in [0.717, 1.165) is 12.1 Å². The van der Waals surface area contributed by atoms with Crippen LogP contribution in [0.4, 0.5) is 18.9 Å². The minimum absolute atomic E-state index is 0.0329. The van der Waals surface area contributed by atoms with Crippen molar-refractivity contribution >= 4 is 23.2 Å². The van der Waals surface area contributed by atoms with Gasteiger partial charge in [0.1, 0.15) is 0 Å². The van der Waals surface area contributed by atoms with E-state index in [1.165, 1.54) is 12.1 Å². The largest absolute Gasteiger partial charge is 0.421 e. The van der Waals surface area contributed by atoms with E-state index in [2.05, 4.69) is 15.5 Å². The van der Waals surface area contributed by atoms with E-state index in [1.54, 1.807) is 24.3 Å². The van der Waals surface area contributed by atoms with Gasteiger partial charge >= 0.3 is 6.18 Å². The maximum absolute atomic E-state index is 12.5. The first-order chi connectivity index (χ1) is 12.8. The highest BCUT2D eigenvalue weighted by atomic mass is 35.5. The lowest BCUT2D eigenvalue weighted by Crippen LogP contribution is -2.13. The summed E-state index contributed by atoms with van der Waals surface area (Å²) in [5, 5.41) is 10.8. The van der Waals surface area contributed by atoms with Crippen molar-refractivity contribution in [3.8, 4) is 11.5 Å². The molecule has 0 aliphatic rings. The quantitative estimate of drug-likeness (QED) is 0.661. The van der Waals surface area contributed by atoms with Crippen molar-refractivity contribution in [2.24, 2.45) is 0 Å². The van der Waals surface area contributed by atoms with Crippen LogP contribution in [0, 0.1) is 0 Å². The van der Waals surface area contributed by atoms with E-state index >= 15 is 0 Å². The summed E-state index contributed by atoms with van der Waals surface area (Å²) in [6.07, 6.45) is -4.20. The highest BCUT2D eigenvalue weighted by molar-refractivity contribution is 6.33. The van der Waals surface area contributed by atoms with Crippen LogP contribution in [0.3, 0.4) is 0 Å². The number of rotatable bonds is 5. The molecular formula is C18H13ClF3N3O2. The summed E-state index contributed by atoms with van der Waals surface area (Å²) in [6.45, 7) is 0. The molecule has 1 aromatic heterocycles. The van der Waals surface area contributed by atoms with Gasteiger partial charge in [-0.2, -0.15) is 13.2 Å². The maximum atomic E-state index is 12.5. The van der Waals surface area contributed by atoms with Crippen molar-refractivity contribution in [3.63, 3.8) is 0 Å². The van der Waals surface area contributed by atoms with Crippen LogP contribution in [-0.4, -0.2) is 16.1 Å². The first kappa shape index (κ1) is 18.9. The van der Waals surface area contributed by atoms with E-state index < -0.39 is 11.7 Å². The summed E-state index contributed by atoms with van der Waals surface area (Å²) >= 11 is 6.06. The first-order valence-electron chi connectivity index (χ1n) is 7.87. The molecule has 2 aromatic carbocycles. The van der Waals surface area contributed by atoms with Gasteiger partial charge in [0.05, 0.1) is 16.1 Å². The van der Waals surface area contributed by atoms with Gasteiger partial charge in [-0.1, -0.05) is 23.7 Å². The zero-order valence-electron chi connectivity index (χ0n) is 13.8. The van der Waals surface area contributed by atoms with Crippen molar-refractivity contribution in [1.82, 2.24) is 10.2 Å². The molecule has 3 rings (SSSR count). The third-order valence-electron chi connectivity index (χ3n) is 3.63. The lowest BCUT2D eigenvalue weighted by molar-refractivity contribution is -0.137. The molecule has 0 aliphatic heterocycles. The zero-order valence-corrected chi connectivity index (χ0v) is 14.5. The second-order valence-corrected chi connectivity index (χ2v) is 6.01. The third-order valence-corrected chi connectivity index (χ3v) is 3.96. The fraction of sp³-hybridized carbons (Fsp3) is 0.167. The van der Waals surface area contributed by atoms with Crippen molar-refractivity contribution in [2.45, 2.75) is 19.0 Å². The third kappa shape index (κ3) is 4.85. The van der Waals surface area contributed by atoms with Crippen molar-refractivity contribution in [1.29, 1.82) is 0 Å². The molecule has 140 valence electrons. The van der Waals surface area contributed by atoms with Crippen LogP contribution < -0.4 is 5.32 Å². The van der Waals surface area contributed by atoms with Crippen LogP contribution in [0.15, 0.2) is 52.9 Å². The van der Waals surface area contributed by atoms with Gasteiger partial charge in [-0.05, 0) is 36.4 Å². The van der Waals surface area contributed by atoms with Crippen LogP contribution in [0.25, 0.3) is 11.5 Å². The number of benzene rings is 2. The molecule has 1 amide bonds. The Morgan fingerprint density at radius 3 is 2.44 bits per heavy atom. The van der Waals surface area contributed by atoms with E-state index in [0.29, 0.717) is 10.6 Å². The number of hydrogen-bond acceptors (Lipinski definition) is 4. The number of hydrogen-bond donors (Lipinski definition) is 1. The zero-order chi connectivity index (χ0) is 19.4. The topological polar surface area (TPSA) is 68.0 Å². The van der Waals surface area contributed by atoms with E-state index in [1.807, 2.05) is 0 Å². The van der Waals surface area contributed by atoms with E-state index in [-0.39, 0.29) is 36.2 Å². The number of amides is 1. The Hall–Kier alpha value is -2.87. The van der Waals surface area contributed by atoms with Crippen molar-refractivity contribution in [3.05, 3.63) is 65.0 Å². The van der Waals surface area contributed by atoms with Crippen molar-refractivity contribution < 1.29 is 22.4 Å². The van der Waals surface area contributed by atoms with E-state index in [4.69, 9.17) is 16.0 Å². The number of halogens is 4. The standard InChI is InChI=1S/C18H13ClF3N3O2/c19-14-4-2-1-3-13(14)17-25-24-16(27-17)10-9-15(26)23-12-7-5-11(6-8-12)18(20,21)22/h1-8H,9-10H2,(H,23,26). The molecule has 9 heteroatoms. The molecule has 0 bridgehead atoms. The second kappa shape index (κ2) is 7.79. The molecule has 0 radical (unpaired) electrons. The summed E-state index contributed by atoms with van der Waals surface area (Å²) in [4.78, 5) is 12.0. The fourth-order valence-corrected chi connectivity index (χ4v) is 2.50. The van der Waals surface area contributed by atoms with Gasteiger partial charge in [-0.15, -0.1) is 10.2 Å². The van der Waals surface area contributed by atoms with Gasteiger partial charge in [-0.25, -0.2) is 0 Å². The highest BCUT2D eigenvalue weighted by Crippen LogP contribution is 2.30. The number of anilines is 1. The molecule has 0 saturated heterocycles. The SMILES string of the molecule is O=C(CCc1nnc(-c2ccccc2Cl)o1)Nc1ccc(C(F)(F)F)cc1. The molecule has 5 nitrogen and oxygen atoms in total. The molecule has 0 unspecified atom stereocenters. The average molecular weight is 396 g/mol. The molecule has 1 N–H and O–H groups in total. The summed E-state index contributed by atoms with van der Waals surface area (Å²) < 4.78 is 43.1. The maximum Gasteiger partial charge on any atom is 0.416 e. The lowest BCUT2D eigenvalue weighted by Gasteiger charge is -2.08. The minimum Gasteiger partial charge on any atom is -0.421 e. The minimum atomic E-state index is -4.42. The van der Waals surface area contributed by atoms with Gasteiger partial charge in [0.25, 0.3) is 0 Å². The fourth-order valence-electron chi connectivity index (χ4n) is 2.28. The van der Waals surface area contributed by atoms with Gasteiger partial charge in [0.15, 0.2) is 0 Å². The number of aryl methyl sites for hydroxylation is 1. The lowest BCUT2D eigenvalue weighted by atomic mass is 10.2. The second-order valence-electron chi connectivity index (χ2n) is 5.60. The molecule has 0 saturated carbocycles. The first-order valence-corrected chi connectivity index (χ1v) is 8.25. The number of nitrogens with one attached hydrogen (secondary N) is 1. The van der Waals surface area contributed by atoms with Crippen LogP contribution in [-0.2, 0) is 17.4 Å². The monoisotopic (exact) mass is 395 g/mol. The van der Waals surface area contributed by atoms with Crippen LogP contribution in [0.1, 0.15) is 17.9 Å². The molecule has 0 fully saturated rings. The Morgan fingerprint density at radius 2 is 1.78 bits per heavy atom. The Balaban J connectivity index is 1.56. The van der Waals surface area contributed by atoms with Crippen molar-refractivity contribution in [2.75, 3.05) is 5.32 Å². The van der Waals surface area contributed by atoms with Gasteiger partial charge in [0.2, 0.25) is 17.7 Å². The Morgan fingerprint density at radius 1 is 1.07 bits per heavy atom. The summed E-state index contributed by atoms with van der Waals surface area (Å²) in [6, 6.07) is 11.2. The predicted molar refractivity (Wildman–Crippen MR) is 93.1 cm³/mol. The van der Waals surface area contributed by atoms with Gasteiger partial charge in [-0.3, -0.25) is 4.79 Å². The number of alkyl halides is 3. The number of carbonyl (C=O) groups is 1. The van der Waals surface area contributed by atoms with Gasteiger partial charge in [0, 0.05) is 18.5 Å². The van der Waals surface area contributed by atoms with E-state index in [9.17, 15) is 18.0 Å². The molecule has 1 heterocycles. The molecule has 0 aliphatic carbocycles. The van der Waals surface area contributed by atoms with Crippen LogP contribution >= 0.6 is 11.6 Å². The molecule has 0 spiro atoms. The molecule has 27 heavy (non-hydrogen) atoms. The molecule has 3 aromatic rings. The van der Waals surface area contributed by atoms with Crippen LogP contribution in [0.5, 0.6) is 0 Å². The Kier molecular flexibility index (Phi) is 5.46. The van der Waals surface area contributed by atoms with Gasteiger partial charge < -0.3 is 9.73 Å². The normalized spacial score (nSPS) is 11.4. The molecular weight excluding hydrogens is 383 g/mol. The van der Waals surface area contributed by atoms with Crippen LogP contribution in [0.2, 0.25) is 5.02 Å². The average Bonchev–Trinajstić information content (AvgIpc) is 3.09. The Bertz CT molecular complexity index is 940. The highest BCUT2D eigenvalue weighted by Gasteiger charge is 2.30. The number of aromatic nitrogens is 2. The number of nitrogens with zero attached hydrogens (tertiary/aromatic N) is 2. The smallest absolute Gasteiger partial charge is 0.416 e.